The fraction of sp³-hybridized carbons (Fsp3) is 0.464. The minimum absolute atomic E-state index is 0.0778. The van der Waals surface area contributed by atoms with Gasteiger partial charge in [-0.05, 0) is 53.4 Å². The summed E-state index contributed by atoms with van der Waals surface area (Å²) in [6, 6.07) is 14.4. The van der Waals surface area contributed by atoms with E-state index in [2.05, 4.69) is 22.8 Å². The molecule has 1 saturated carbocycles. The maximum Gasteiger partial charge on any atom is 0.407 e. The summed E-state index contributed by atoms with van der Waals surface area (Å²) in [5, 5.41) is 14.8. The molecular weight excluding hydrogens is 444 g/mol. The van der Waals surface area contributed by atoms with E-state index in [1.54, 1.807) is 0 Å². The van der Waals surface area contributed by atoms with Crippen molar-refractivity contribution in [2.45, 2.75) is 64.0 Å². The van der Waals surface area contributed by atoms with Gasteiger partial charge < -0.3 is 20.5 Å². The largest absolute Gasteiger partial charge is 0.480 e. The second kappa shape index (κ2) is 10.9. The summed E-state index contributed by atoms with van der Waals surface area (Å²) >= 11 is 0. The number of amides is 2. The lowest BCUT2D eigenvalue weighted by Gasteiger charge is -2.22. The van der Waals surface area contributed by atoms with Crippen molar-refractivity contribution in [2.24, 2.45) is 11.8 Å². The molecule has 0 saturated heterocycles. The number of nitrogens with one attached hydrogen (secondary N) is 2. The van der Waals surface area contributed by atoms with Crippen molar-refractivity contribution >= 4 is 18.0 Å². The standard InChI is InChI=1S/C28H34N2O5/c1-17(2)11-14-24(26(31)29-25(27(32)33)15-18-12-13-18)30-28(34)35-16-23-21-9-5-3-7-19(21)20-8-4-6-10-22(20)23/h3-10,17-18,23-25H,11-16H2,1-2H3,(H,29,31)(H,30,34)(H,32,33)/t24?,25-/m0/s1. The molecule has 35 heavy (non-hydrogen) atoms. The lowest BCUT2D eigenvalue weighted by Crippen LogP contribution is -2.52. The molecule has 2 aromatic carbocycles. The Hall–Kier alpha value is -3.35. The highest BCUT2D eigenvalue weighted by Crippen LogP contribution is 2.44. The summed E-state index contributed by atoms with van der Waals surface area (Å²) in [4.78, 5) is 37.3. The van der Waals surface area contributed by atoms with Gasteiger partial charge in [-0.1, -0.05) is 75.2 Å². The molecule has 186 valence electrons. The van der Waals surface area contributed by atoms with E-state index in [9.17, 15) is 19.5 Å². The number of hydrogen-bond donors (Lipinski definition) is 3. The van der Waals surface area contributed by atoms with Crippen molar-refractivity contribution in [3.63, 3.8) is 0 Å². The first-order valence-electron chi connectivity index (χ1n) is 12.5. The summed E-state index contributed by atoms with van der Waals surface area (Å²) in [6.07, 6.45) is 2.85. The van der Waals surface area contributed by atoms with Gasteiger partial charge in [0.2, 0.25) is 5.91 Å². The fourth-order valence-corrected chi connectivity index (χ4v) is 4.73. The van der Waals surface area contributed by atoms with Gasteiger partial charge in [-0.3, -0.25) is 4.79 Å². The molecule has 0 bridgehead atoms. The lowest BCUT2D eigenvalue weighted by atomic mass is 9.98. The Labute approximate surface area is 206 Å². The minimum atomic E-state index is -1.05. The molecule has 0 radical (unpaired) electrons. The molecule has 0 spiro atoms. The van der Waals surface area contributed by atoms with E-state index in [0.717, 1.165) is 35.1 Å². The Morgan fingerprint density at radius 1 is 0.914 bits per heavy atom. The average Bonchev–Trinajstić information content (AvgIpc) is 3.60. The molecule has 7 heteroatoms. The van der Waals surface area contributed by atoms with Crippen LogP contribution in [-0.4, -0.2) is 41.8 Å². The molecular formula is C28H34N2O5. The number of carbonyl (C=O) groups excluding carboxylic acids is 2. The van der Waals surface area contributed by atoms with Crippen molar-refractivity contribution in [3.8, 4) is 11.1 Å². The van der Waals surface area contributed by atoms with Gasteiger partial charge in [0, 0.05) is 5.92 Å². The van der Waals surface area contributed by atoms with Crippen LogP contribution in [0.3, 0.4) is 0 Å². The number of alkyl carbamates (subject to hydrolysis) is 1. The van der Waals surface area contributed by atoms with Crippen LogP contribution in [0.15, 0.2) is 48.5 Å². The Kier molecular flexibility index (Phi) is 7.73. The number of ether oxygens (including phenoxy) is 1. The number of benzene rings is 2. The number of carboxylic acid groups (broad SMARTS) is 1. The summed E-state index contributed by atoms with van der Waals surface area (Å²) in [5.74, 6) is -0.927. The molecule has 2 amide bonds. The molecule has 2 aliphatic rings. The molecule has 0 heterocycles. The van der Waals surface area contributed by atoms with Gasteiger partial charge in [-0.25, -0.2) is 9.59 Å². The first-order chi connectivity index (χ1) is 16.8. The molecule has 1 unspecified atom stereocenters. The monoisotopic (exact) mass is 478 g/mol. The summed E-state index contributed by atoms with van der Waals surface area (Å²) in [7, 11) is 0. The third kappa shape index (κ3) is 6.21. The maximum atomic E-state index is 13.0. The highest BCUT2D eigenvalue weighted by Gasteiger charge is 2.33. The normalized spacial score (nSPS) is 16.2. The third-order valence-electron chi connectivity index (χ3n) is 6.87. The molecule has 1 fully saturated rings. The average molecular weight is 479 g/mol. The van der Waals surface area contributed by atoms with Gasteiger partial charge in [-0.15, -0.1) is 0 Å². The smallest absolute Gasteiger partial charge is 0.407 e. The van der Waals surface area contributed by atoms with Crippen LogP contribution < -0.4 is 10.6 Å². The maximum absolute atomic E-state index is 13.0. The molecule has 4 rings (SSSR count). The van der Waals surface area contributed by atoms with Crippen LogP contribution >= 0.6 is 0 Å². The highest BCUT2D eigenvalue weighted by molar-refractivity contribution is 5.89. The van der Waals surface area contributed by atoms with E-state index in [0.29, 0.717) is 31.1 Å². The predicted octanol–water partition coefficient (Wildman–Crippen LogP) is 4.70. The summed E-state index contributed by atoms with van der Waals surface area (Å²) < 4.78 is 5.61. The summed E-state index contributed by atoms with van der Waals surface area (Å²) in [5.41, 5.74) is 4.50. The molecule has 0 aliphatic heterocycles. The quantitative estimate of drug-likeness (QED) is 0.434. The summed E-state index contributed by atoms with van der Waals surface area (Å²) in [6.45, 7) is 4.22. The van der Waals surface area contributed by atoms with Crippen molar-refractivity contribution < 1.29 is 24.2 Å². The Morgan fingerprint density at radius 2 is 1.51 bits per heavy atom. The molecule has 2 aliphatic carbocycles. The number of carbonyl (C=O) groups is 3. The molecule has 3 N–H and O–H groups in total. The van der Waals surface area contributed by atoms with Crippen LogP contribution in [0, 0.1) is 11.8 Å². The van der Waals surface area contributed by atoms with Crippen LogP contribution in [0.1, 0.15) is 63.0 Å². The van der Waals surface area contributed by atoms with Gasteiger partial charge in [0.05, 0.1) is 0 Å². The predicted molar refractivity (Wildman–Crippen MR) is 133 cm³/mol. The van der Waals surface area contributed by atoms with Crippen LogP contribution in [-0.2, 0) is 14.3 Å². The first-order valence-corrected chi connectivity index (χ1v) is 12.5. The number of hydrogen-bond acceptors (Lipinski definition) is 4. The number of fused-ring (bicyclic) bond motifs is 3. The van der Waals surface area contributed by atoms with Crippen LogP contribution in [0.25, 0.3) is 11.1 Å². The zero-order chi connectivity index (χ0) is 24.9. The van der Waals surface area contributed by atoms with Crippen molar-refractivity contribution in [3.05, 3.63) is 59.7 Å². The van der Waals surface area contributed by atoms with E-state index in [4.69, 9.17) is 4.74 Å². The second-order valence-electron chi connectivity index (χ2n) is 10.1. The number of rotatable bonds is 11. The lowest BCUT2D eigenvalue weighted by molar-refractivity contribution is -0.142. The Morgan fingerprint density at radius 3 is 2.06 bits per heavy atom. The van der Waals surface area contributed by atoms with Gasteiger partial charge in [0.1, 0.15) is 18.7 Å². The van der Waals surface area contributed by atoms with Crippen LogP contribution in [0.5, 0.6) is 0 Å². The van der Waals surface area contributed by atoms with Crippen LogP contribution in [0.4, 0.5) is 4.79 Å². The van der Waals surface area contributed by atoms with E-state index >= 15 is 0 Å². The van der Waals surface area contributed by atoms with Crippen molar-refractivity contribution in [2.75, 3.05) is 6.61 Å². The zero-order valence-corrected chi connectivity index (χ0v) is 20.3. The topological polar surface area (TPSA) is 105 Å². The fourth-order valence-electron chi connectivity index (χ4n) is 4.73. The van der Waals surface area contributed by atoms with Crippen molar-refractivity contribution in [1.82, 2.24) is 10.6 Å². The third-order valence-corrected chi connectivity index (χ3v) is 6.87. The molecule has 0 aromatic heterocycles. The van der Waals surface area contributed by atoms with Gasteiger partial charge in [0.15, 0.2) is 0 Å². The molecule has 2 aromatic rings. The highest BCUT2D eigenvalue weighted by atomic mass is 16.5. The Bertz CT molecular complexity index is 1030. The SMILES string of the molecule is CC(C)CCC(NC(=O)OCC1c2ccccc2-c2ccccc21)C(=O)N[C@@H](CC1CC1)C(=O)O. The molecule has 7 nitrogen and oxygen atoms in total. The van der Waals surface area contributed by atoms with Crippen molar-refractivity contribution in [1.29, 1.82) is 0 Å². The Balaban J connectivity index is 1.39. The molecule has 2 atom stereocenters. The van der Waals surface area contributed by atoms with Gasteiger partial charge in [0.25, 0.3) is 0 Å². The van der Waals surface area contributed by atoms with Gasteiger partial charge in [-0.2, -0.15) is 0 Å². The van der Waals surface area contributed by atoms with E-state index in [-0.39, 0.29) is 12.5 Å². The van der Waals surface area contributed by atoms with E-state index in [1.807, 2.05) is 50.2 Å². The van der Waals surface area contributed by atoms with E-state index in [1.165, 1.54) is 0 Å². The number of carboxylic acids is 1. The van der Waals surface area contributed by atoms with Crippen LogP contribution in [0.2, 0.25) is 0 Å². The van der Waals surface area contributed by atoms with Gasteiger partial charge >= 0.3 is 12.1 Å². The number of aliphatic carboxylic acids is 1. The second-order valence-corrected chi connectivity index (χ2v) is 10.1. The first kappa shape index (κ1) is 24.8. The van der Waals surface area contributed by atoms with E-state index < -0.39 is 30.1 Å². The minimum Gasteiger partial charge on any atom is -0.480 e. The zero-order valence-electron chi connectivity index (χ0n) is 20.3.